The molecule has 0 aliphatic carbocycles. The van der Waals surface area contributed by atoms with E-state index >= 15 is 0 Å². The fourth-order valence-electron chi connectivity index (χ4n) is 1.76. The number of alkyl halides is 3. The van der Waals surface area contributed by atoms with Crippen LogP contribution in [0.2, 0.25) is 0 Å². The van der Waals surface area contributed by atoms with E-state index in [9.17, 15) is 13.2 Å². The molecule has 1 aromatic heterocycles. The number of rotatable bonds is 3. The molecule has 0 fully saturated rings. The predicted molar refractivity (Wildman–Crippen MR) is 64.3 cm³/mol. The average Bonchev–Trinajstić information content (AvgIpc) is 2.75. The maximum Gasteiger partial charge on any atom is 0.417 e. The van der Waals surface area contributed by atoms with Crippen LogP contribution in [0.4, 0.5) is 13.2 Å². The van der Waals surface area contributed by atoms with E-state index in [-0.39, 0.29) is 17.5 Å². The Morgan fingerprint density at radius 3 is 2.63 bits per heavy atom. The number of hydrogen-bond acceptors (Lipinski definition) is 3. The molecule has 0 aliphatic rings. The maximum absolute atomic E-state index is 12.9. The van der Waals surface area contributed by atoms with Gasteiger partial charge in [0.1, 0.15) is 5.76 Å². The van der Waals surface area contributed by atoms with E-state index in [0.717, 1.165) is 6.07 Å². The van der Waals surface area contributed by atoms with Crippen molar-refractivity contribution >= 4 is 0 Å². The van der Waals surface area contributed by atoms with Gasteiger partial charge in [0.15, 0.2) is 0 Å². The highest BCUT2D eigenvalue weighted by Crippen LogP contribution is 2.36. The van der Waals surface area contributed by atoms with Gasteiger partial charge in [-0.2, -0.15) is 13.2 Å². The van der Waals surface area contributed by atoms with Crippen LogP contribution in [0.1, 0.15) is 18.2 Å². The van der Waals surface area contributed by atoms with Gasteiger partial charge in [0.2, 0.25) is 5.89 Å². The third-order valence-electron chi connectivity index (χ3n) is 2.54. The Morgan fingerprint density at radius 1 is 1.32 bits per heavy atom. The Bertz CT molecular complexity index is 561. The smallest absolute Gasteiger partial charge is 0.417 e. The minimum atomic E-state index is -4.44. The van der Waals surface area contributed by atoms with Crippen LogP contribution >= 0.6 is 0 Å². The monoisotopic (exact) mass is 270 g/mol. The quantitative estimate of drug-likeness (QED) is 0.931. The topological polar surface area (TPSA) is 52.0 Å². The zero-order valence-electron chi connectivity index (χ0n) is 10.2. The second kappa shape index (κ2) is 5.05. The van der Waals surface area contributed by atoms with E-state index in [2.05, 4.69) is 4.98 Å². The number of hydrogen-bond donors (Lipinski definition) is 1. The lowest BCUT2D eigenvalue weighted by molar-refractivity contribution is -0.137. The van der Waals surface area contributed by atoms with Crippen molar-refractivity contribution in [3.8, 4) is 11.5 Å². The molecule has 1 aromatic carbocycles. The number of halogens is 3. The van der Waals surface area contributed by atoms with Gasteiger partial charge in [0.25, 0.3) is 0 Å². The van der Waals surface area contributed by atoms with E-state index in [4.69, 9.17) is 10.2 Å². The molecule has 0 amide bonds. The van der Waals surface area contributed by atoms with E-state index in [1.807, 2.05) is 0 Å². The van der Waals surface area contributed by atoms with Crippen LogP contribution in [0.15, 0.2) is 34.9 Å². The second-order valence-corrected chi connectivity index (χ2v) is 4.36. The summed E-state index contributed by atoms with van der Waals surface area (Å²) in [6.07, 6.45) is -2.60. The summed E-state index contributed by atoms with van der Waals surface area (Å²) >= 11 is 0. The van der Waals surface area contributed by atoms with Crippen molar-refractivity contribution < 1.29 is 17.6 Å². The number of nitrogens with two attached hydrogens (primary N) is 1. The summed E-state index contributed by atoms with van der Waals surface area (Å²) in [5.74, 6) is 0.436. The van der Waals surface area contributed by atoms with Gasteiger partial charge < -0.3 is 10.2 Å². The van der Waals surface area contributed by atoms with Crippen molar-refractivity contribution in [1.29, 1.82) is 0 Å². The molecular formula is C13H13F3N2O. The summed E-state index contributed by atoms with van der Waals surface area (Å²) < 4.78 is 43.9. The van der Waals surface area contributed by atoms with Gasteiger partial charge in [0.05, 0.1) is 11.8 Å². The lowest BCUT2D eigenvalue weighted by Crippen LogP contribution is -2.17. The molecule has 0 bridgehead atoms. The molecule has 19 heavy (non-hydrogen) atoms. The molecule has 6 heteroatoms. The first-order valence-electron chi connectivity index (χ1n) is 5.75. The molecule has 102 valence electrons. The van der Waals surface area contributed by atoms with Crippen molar-refractivity contribution in [1.82, 2.24) is 4.98 Å². The van der Waals surface area contributed by atoms with Crippen LogP contribution in [0, 0.1) is 0 Å². The first-order chi connectivity index (χ1) is 8.88. The summed E-state index contributed by atoms with van der Waals surface area (Å²) in [5.41, 5.74) is 4.78. The van der Waals surface area contributed by atoms with Crippen LogP contribution in [-0.2, 0) is 12.6 Å². The normalized spacial score (nSPS) is 13.5. The van der Waals surface area contributed by atoms with E-state index in [0.29, 0.717) is 12.2 Å². The minimum Gasteiger partial charge on any atom is -0.441 e. The zero-order chi connectivity index (χ0) is 14.0. The Balaban J connectivity index is 2.39. The molecule has 2 N–H and O–H groups in total. The Morgan fingerprint density at radius 2 is 2.00 bits per heavy atom. The number of nitrogens with zero attached hydrogens (tertiary/aromatic N) is 1. The van der Waals surface area contributed by atoms with Crippen LogP contribution in [0.3, 0.4) is 0 Å². The van der Waals surface area contributed by atoms with E-state index in [1.165, 1.54) is 24.4 Å². The van der Waals surface area contributed by atoms with Gasteiger partial charge in [-0.3, -0.25) is 0 Å². The van der Waals surface area contributed by atoms with Crippen molar-refractivity contribution in [3.63, 3.8) is 0 Å². The highest BCUT2D eigenvalue weighted by Gasteiger charge is 2.34. The molecule has 0 radical (unpaired) electrons. The van der Waals surface area contributed by atoms with Gasteiger partial charge in [-0.05, 0) is 19.1 Å². The van der Waals surface area contributed by atoms with Gasteiger partial charge in [-0.25, -0.2) is 4.98 Å². The van der Waals surface area contributed by atoms with Crippen LogP contribution in [0.5, 0.6) is 0 Å². The lowest BCUT2D eigenvalue weighted by Gasteiger charge is -2.09. The van der Waals surface area contributed by atoms with Crippen molar-refractivity contribution in [2.75, 3.05) is 0 Å². The Kier molecular flexibility index (Phi) is 3.61. The minimum absolute atomic E-state index is 0.0384. The average molecular weight is 270 g/mol. The fourth-order valence-corrected chi connectivity index (χ4v) is 1.76. The molecule has 2 aromatic rings. The SMILES string of the molecule is CC(N)Cc1cnc(-c2ccccc2C(F)(F)F)o1. The Hall–Kier alpha value is -1.82. The molecule has 0 saturated heterocycles. The van der Waals surface area contributed by atoms with Crippen LogP contribution in [0.25, 0.3) is 11.5 Å². The fraction of sp³-hybridized carbons (Fsp3) is 0.308. The zero-order valence-corrected chi connectivity index (χ0v) is 10.2. The van der Waals surface area contributed by atoms with E-state index in [1.54, 1.807) is 6.92 Å². The summed E-state index contributed by atoms with van der Waals surface area (Å²) in [6.45, 7) is 1.78. The van der Waals surface area contributed by atoms with Crippen molar-refractivity contribution in [3.05, 3.63) is 41.8 Å². The molecule has 0 saturated carbocycles. The second-order valence-electron chi connectivity index (χ2n) is 4.36. The largest absolute Gasteiger partial charge is 0.441 e. The molecule has 1 atom stereocenters. The third kappa shape index (κ3) is 3.14. The lowest BCUT2D eigenvalue weighted by atomic mass is 10.1. The highest BCUT2D eigenvalue weighted by atomic mass is 19.4. The van der Waals surface area contributed by atoms with Gasteiger partial charge in [-0.15, -0.1) is 0 Å². The molecule has 1 unspecified atom stereocenters. The van der Waals surface area contributed by atoms with Crippen LogP contribution < -0.4 is 5.73 Å². The summed E-state index contributed by atoms with van der Waals surface area (Å²) in [7, 11) is 0. The van der Waals surface area contributed by atoms with E-state index < -0.39 is 11.7 Å². The molecule has 0 spiro atoms. The summed E-state index contributed by atoms with van der Waals surface area (Å²) in [6, 6.07) is 5.05. The van der Waals surface area contributed by atoms with Crippen molar-refractivity contribution in [2.45, 2.75) is 25.6 Å². The first-order valence-corrected chi connectivity index (χ1v) is 5.75. The van der Waals surface area contributed by atoms with Crippen molar-refractivity contribution in [2.24, 2.45) is 5.73 Å². The molecule has 1 heterocycles. The summed E-state index contributed by atoms with van der Waals surface area (Å²) in [5, 5.41) is 0. The van der Waals surface area contributed by atoms with Crippen LogP contribution in [-0.4, -0.2) is 11.0 Å². The number of oxazole rings is 1. The third-order valence-corrected chi connectivity index (χ3v) is 2.54. The van der Waals surface area contributed by atoms with Gasteiger partial charge >= 0.3 is 6.18 Å². The molecule has 2 rings (SSSR count). The maximum atomic E-state index is 12.9. The Labute approximate surface area is 108 Å². The highest BCUT2D eigenvalue weighted by molar-refractivity contribution is 5.59. The van der Waals surface area contributed by atoms with Gasteiger partial charge in [-0.1, -0.05) is 12.1 Å². The molecular weight excluding hydrogens is 257 g/mol. The standard InChI is InChI=1S/C13H13F3N2O/c1-8(17)6-9-7-18-12(19-9)10-4-2-3-5-11(10)13(14,15)16/h2-5,7-8H,6,17H2,1H3. The van der Waals surface area contributed by atoms with Gasteiger partial charge in [0, 0.05) is 18.0 Å². The first kappa shape index (κ1) is 13.6. The summed E-state index contributed by atoms with van der Waals surface area (Å²) in [4.78, 5) is 3.89. The molecule has 3 nitrogen and oxygen atoms in total. The number of aromatic nitrogens is 1. The molecule has 0 aliphatic heterocycles. The predicted octanol–water partition coefficient (Wildman–Crippen LogP) is 3.25. The number of benzene rings is 1.